The summed E-state index contributed by atoms with van der Waals surface area (Å²) in [4.78, 5) is 18.5. The molecule has 1 aromatic carbocycles. The van der Waals surface area contributed by atoms with Crippen LogP contribution in [0.1, 0.15) is 25.8 Å². The van der Waals surface area contributed by atoms with Gasteiger partial charge >= 0.3 is 6.03 Å². The fourth-order valence-corrected chi connectivity index (χ4v) is 2.26. The highest BCUT2D eigenvalue weighted by atomic mass is 16.5. The predicted octanol–water partition coefficient (Wildman–Crippen LogP) is 3.92. The molecule has 0 aliphatic carbocycles. The van der Waals surface area contributed by atoms with Crippen LogP contribution < -0.4 is 10.1 Å². The van der Waals surface area contributed by atoms with Crippen LogP contribution in [0.15, 0.2) is 48.7 Å². The van der Waals surface area contributed by atoms with Gasteiger partial charge in [-0.05, 0) is 31.0 Å². The number of hydrogen-bond acceptors (Lipinski definition) is 3. The van der Waals surface area contributed by atoms with E-state index in [-0.39, 0.29) is 6.03 Å². The molecule has 0 saturated carbocycles. The lowest BCUT2D eigenvalue weighted by Crippen LogP contribution is -2.35. The van der Waals surface area contributed by atoms with Gasteiger partial charge in [0, 0.05) is 19.3 Å². The quantitative estimate of drug-likeness (QED) is 0.843. The summed E-state index contributed by atoms with van der Waals surface area (Å²) in [5.41, 5.74) is 1.70. The van der Waals surface area contributed by atoms with Crippen LogP contribution in [-0.4, -0.2) is 29.1 Å². The van der Waals surface area contributed by atoms with Crippen LogP contribution in [0.3, 0.4) is 0 Å². The van der Waals surface area contributed by atoms with Gasteiger partial charge in [-0.15, -0.1) is 0 Å². The first kappa shape index (κ1) is 16.8. The molecule has 0 spiro atoms. The smallest absolute Gasteiger partial charge is 0.322 e. The number of pyridine rings is 1. The van der Waals surface area contributed by atoms with E-state index in [2.05, 4.69) is 17.2 Å². The van der Waals surface area contributed by atoms with Gasteiger partial charge in [-0.2, -0.15) is 0 Å². The molecule has 2 rings (SSSR count). The Balaban J connectivity index is 2.09. The van der Waals surface area contributed by atoms with Crippen molar-refractivity contribution in [2.24, 2.45) is 0 Å². The number of amides is 2. The maximum Gasteiger partial charge on any atom is 0.322 e. The van der Waals surface area contributed by atoms with E-state index in [0.29, 0.717) is 31.3 Å². The zero-order valence-corrected chi connectivity index (χ0v) is 13.7. The summed E-state index contributed by atoms with van der Waals surface area (Å²) in [5, 5.41) is 2.90. The van der Waals surface area contributed by atoms with E-state index in [1.54, 1.807) is 23.2 Å². The molecule has 0 saturated heterocycles. The molecule has 0 aliphatic heterocycles. The molecule has 122 valence electrons. The summed E-state index contributed by atoms with van der Waals surface area (Å²) in [6.45, 7) is 5.71. The number of carbonyl (C=O) groups excluding carboxylic acids is 1. The normalized spacial score (nSPS) is 10.2. The Labute approximate surface area is 137 Å². The van der Waals surface area contributed by atoms with Crippen LogP contribution in [0, 0.1) is 0 Å². The molecule has 23 heavy (non-hydrogen) atoms. The molecule has 5 heteroatoms. The second kappa shape index (κ2) is 8.78. The number of ether oxygens (including phenoxy) is 1. The van der Waals surface area contributed by atoms with Crippen LogP contribution in [0.2, 0.25) is 0 Å². The van der Waals surface area contributed by atoms with Crippen molar-refractivity contribution in [3.8, 4) is 5.88 Å². The first-order valence-electron chi connectivity index (χ1n) is 7.92. The van der Waals surface area contributed by atoms with E-state index in [4.69, 9.17) is 4.74 Å². The lowest BCUT2D eigenvalue weighted by molar-refractivity contribution is 0.209. The number of benzene rings is 1. The number of nitrogens with one attached hydrogen (secondary N) is 1. The number of hydrogen-bond donors (Lipinski definition) is 1. The molecule has 0 radical (unpaired) electrons. The van der Waals surface area contributed by atoms with Crippen molar-refractivity contribution in [3.05, 3.63) is 54.2 Å². The Morgan fingerprint density at radius 2 is 1.96 bits per heavy atom. The molecule has 1 heterocycles. The Morgan fingerprint density at radius 1 is 1.17 bits per heavy atom. The van der Waals surface area contributed by atoms with Crippen molar-refractivity contribution >= 4 is 11.7 Å². The molecule has 1 aromatic heterocycles. The van der Waals surface area contributed by atoms with Gasteiger partial charge in [0.2, 0.25) is 5.88 Å². The fraction of sp³-hybridized carbons (Fsp3) is 0.333. The molecule has 0 fully saturated rings. The molecule has 0 bridgehead atoms. The predicted molar refractivity (Wildman–Crippen MR) is 91.6 cm³/mol. The number of anilines is 1. The van der Waals surface area contributed by atoms with Crippen LogP contribution in [0.5, 0.6) is 5.88 Å². The Morgan fingerprint density at radius 3 is 2.65 bits per heavy atom. The first-order valence-corrected chi connectivity index (χ1v) is 7.92. The summed E-state index contributed by atoms with van der Waals surface area (Å²) in [5.74, 6) is 0.444. The topological polar surface area (TPSA) is 54.5 Å². The summed E-state index contributed by atoms with van der Waals surface area (Å²) in [6, 6.07) is 13.4. The molecule has 0 atom stereocenters. The maximum atomic E-state index is 12.6. The van der Waals surface area contributed by atoms with Crippen molar-refractivity contribution in [3.63, 3.8) is 0 Å². The van der Waals surface area contributed by atoms with Crippen molar-refractivity contribution < 1.29 is 9.53 Å². The zero-order valence-electron chi connectivity index (χ0n) is 13.7. The highest BCUT2D eigenvalue weighted by molar-refractivity contribution is 5.90. The molecule has 1 N–H and O–H groups in total. The second-order valence-corrected chi connectivity index (χ2v) is 5.13. The van der Waals surface area contributed by atoms with Gasteiger partial charge in [-0.1, -0.05) is 37.3 Å². The van der Waals surface area contributed by atoms with Crippen LogP contribution >= 0.6 is 0 Å². The Bertz CT molecular complexity index is 617. The van der Waals surface area contributed by atoms with E-state index < -0.39 is 0 Å². The van der Waals surface area contributed by atoms with E-state index in [9.17, 15) is 4.79 Å². The van der Waals surface area contributed by atoms with Gasteiger partial charge in [0.05, 0.1) is 6.61 Å². The number of urea groups is 1. The Kier molecular flexibility index (Phi) is 6.41. The number of aromatic nitrogens is 1. The first-order chi connectivity index (χ1) is 11.2. The molecule has 2 aromatic rings. The lowest BCUT2D eigenvalue weighted by Gasteiger charge is -2.23. The maximum absolute atomic E-state index is 12.6. The van der Waals surface area contributed by atoms with Gasteiger partial charge in [-0.25, -0.2) is 9.78 Å². The second-order valence-electron chi connectivity index (χ2n) is 5.13. The van der Waals surface area contributed by atoms with Crippen molar-refractivity contribution in [1.29, 1.82) is 0 Å². The van der Waals surface area contributed by atoms with E-state index in [1.807, 2.05) is 37.3 Å². The standard InChI is InChI=1S/C18H23N3O2/c1-3-13-21(14-15-9-6-5-7-10-15)18(22)20-16-11-8-12-19-17(16)23-4-2/h5-12H,3-4,13-14H2,1-2H3,(H,20,22). The van der Waals surface area contributed by atoms with Crippen LogP contribution in [0.4, 0.5) is 10.5 Å². The number of nitrogens with zero attached hydrogens (tertiary/aromatic N) is 2. The number of carbonyl (C=O) groups is 1. The molecular formula is C18H23N3O2. The average molecular weight is 313 g/mol. The largest absolute Gasteiger partial charge is 0.476 e. The minimum Gasteiger partial charge on any atom is -0.476 e. The van der Waals surface area contributed by atoms with E-state index in [0.717, 1.165) is 12.0 Å². The summed E-state index contributed by atoms with van der Waals surface area (Å²) < 4.78 is 5.45. The van der Waals surface area contributed by atoms with Crippen LogP contribution in [0.25, 0.3) is 0 Å². The zero-order chi connectivity index (χ0) is 16.5. The third-order valence-corrected chi connectivity index (χ3v) is 3.29. The fourth-order valence-electron chi connectivity index (χ4n) is 2.26. The summed E-state index contributed by atoms with van der Waals surface area (Å²) in [6.07, 6.45) is 2.54. The lowest BCUT2D eigenvalue weighted by atomic mass is 10.2. The van der Waals surface area contributed by atoms with Gasteiger partial charge in [0.15, 0.2) is 0 Å². The van der Waals surface area contributed by atoms with Gasteiger partial charge in [-0.3, -0.25) is 0 Å². The third-order valence-electron chi connectivity index (χ3n) is 3.29. The minimum absolute atomic E-state index is 0.148. The van der Waals surface area contributed by atoms with Gasteiger partial charge < -0.3 is 15.0 Å². The van der Waals surface area contributed by atoms with Gasteiger partial charge in [0.1, 0.15) is 5.69 Å². The Hall–Kier alpha value is -2.56. The monoisotopic (exact) mass is 313 g/mol. The molecule has 5 nitrogen and oxygen atoms in total. The van der Waals surface area contributed by atoms with Gasteiger partial charge in [0.25, 0.3) is 0 Å². The highest BCUT2D eigenvalue weighted by Crippen LogP contribution is 2.21. The summed E-state index contributed by atoms with van der Waals surface area (Å²) >= 11 is 0. The molecule has 0 unspecified atom stereocenters. The van der Waals surface area contributed by atoms with E-state index >= 15 is 0 Å². The third kappa shape index (κ3) is 4.98. The van der Waals surface area contributed by atoms with Crippen molar-refractivity contribution in [1.82, 2.24) is 9.88 Å². The van der Waals surface area contributed by atoms with Crippen molar-refractivity contribution in [2.45, 2.75) is 26.8 Å². The number of rotatable bonds is 7. The minimum atomic E-state index is -0.148. The molecule has 0 aliphatic rings. The summed E-state index contributed by atoms with van der Waals surface area (Å²) in [7, 11) is 0. The SMILES string of the molecule is CCCN(Cc1ccccc1)C(=O)Nc1cccnc1OCC. The van der Waals surface area contributed by atoms with Crippen LogP contribution in [-0.2, 0) is 6.54 Å². The van der Waals surface area contributed by atoms with E-state index in [1.165, 1.54) is 0 Å². The highest BCUT2D eigenvalue weighted by Gasteiger charge is 2.15. The van der Waals surface area contributed by atoms with Crippen molar-refractivity contribution in [2.75, 3.05) is 18.5 Å². The molecule has 2 amide bonds. The average Bonchev–Trinajstić information content (AvgIpc) is 2.57. The molecular weight excluding hydrogens is 290 g/mol.